The average molecular weight is 620 g/mol. The first-order chi connectivity index (χ1) is 21.6. The molecule has 0 aliphatic carbocycles. The molecule has 2 aromatic carbocycles. The first-order valence-electron chi connectivity index (χ1n) is 15.5. The van der Waals surface area contributed by atoms with E-state index in [4.69, 9.17) is 4.74 Å². The molecule has 3 fully saturated rings. The van der Waals surface area contributed by atoms with Gasteiger partial charge in [-0.2, -0.15) is 0 Å². The van der Waals surface area contributed by atoms with Gasteiger partial charge in [0, 0.05) is 32.2 Å². The maximum Gasteiger partial charge on any atom is 0.254 e. The smallest absolute Gasteiger partial charge is 0.254 e. The highest BCUT2D eigenvalue weighted by Crippen LogP contribution is 2.23. The van der Waals surface area contributed by atoms with E-state index >= 15 is 0 Å². The highest BCUT2D eigenvalue weighted by atomic mass is 16.5. The number of carbonyl (C=O) groups excluding carboxylic acids is 5. The maximum atomic E-state index is 13.7. The normalized spacial score (nSPS) is 28.6. The van der Waals surface area contributed by atoms with E-state index in [0.717, 1.165) is 5.56 Å². The van der Waals surface area contributed by atoms with E-state index in [1.165, 1.54) is 21.7 Å². The molecule has 3 heterocycles. The fraction of sp³-hybridized carbons (Fsp3) is 0.485. The summed E-state index contributed by atoms with van der Waals surface area (Å²) in [6, 6.07) is 14.3. The summed E-state index contributed by atoms with van der Waals surface area (Å²) in [7, 11) is 1.51. The van der Waals surface area contributed by atoms with Crippen molar-refractivity contribution < 1.29 is 33.8 Å². The lowest BCUT2D eigenvalue weighted by Crippen LogP contribution is -2.60. The Morgan fingerprint density at radius 1 is 0.956 bits per heavy atom. The van der Waals surface area contributed by atoms with Crippen molar-refractivity contribution in [2.75, 3.05) is 33.3 Å². The Kier molecular flexibility index (Phi) is 10.1. The minimum absolute atomic E-state index is 0.111. The van der Waals surface area contributed by atoms with Crippen LogP contribution in [0, 0.1) is 0 Å². The Labute approximate surface area is 262 Å². The number of carbonyl (C=O) groups is 5. The lowest BCUT2D eigenvalue weighted by atomic mass is 9.97. The van der Waals surface area contributed by atoms with Gasteiger partial charge in [0.25, 0.3) is 5.91 Å². The van der Waals surface area contributed by atoms with Gasteiger partial charge < -0.3 is 35.2 Å². The Bertz CT molecular complexity index is 1390. The number of aliphatic hydroxyl groups is 1. The van der Waals surface area contributed by atoms with E-state index in [2.05, 4.69) is 10.6 Å². The van der Waals surface area contributed by atoms with Gasteiger partial charge in [0.1, 0.15) is 36.9 Å². The molecule has 3 aliphatic rings. The van der Waals surface area contributed by atoms with Gasteiger partial charge in [-0.3, -0.25) is 24.0 Å². The number of benzene rings is 2. The highest BCUT2D eigenvalue weighted by Gasteiger charge is 2.41. The van der Waals surface area contributed by atoms with Crippen LogP contribution in [0.1, 0.15) is 42.1 Å². The third kappa shape index (κ3) is 7.34. The predicted octanol–water partition coefficient (Wildman–Crippen LogP) is 0.342. The molecule has 2 bridgehead atoms. The molecule has 0 radical (unpaired) electrons. The number of likely N-dealkylation sites (N-methyl/N-ethyl adjacent to an activating group) is 1. The van der Waals surface area contributed by atoms with Crippen LogP contribution in [0.3, 0.4) is 0 Å². The van der Waals surface area contributed by atoms with E-state index in [0.29, 0.717) is 31.4 Å². The zero-order chi connectivity index (χ0) is 32.1. The molecule has 0 unspecified atom stereocenters. The summed E-state index contributed by atoms with van der Waals surface area (Å²) in [5.41, 5.74) is 1.18. The van der Waals surface area contributed by atoms with Crippen molar-refractivity contribution in [2.24, 2.45) is 0 Å². The number of nitrogens with zero attached hydrogens (tertiary/aromatic N) is 3. The molecule has 45 heavy (non-hydrogen) atoms. The first-order valence-corrected chi connectivity index (χ1v) is 15.5. The summed E-state index contributed by atoms with van der Waals surface area (Å²) >= 11 is 0. The molecule has 3 aliphatic heterocycles. The van der Waals surface area contributed by atoms with Gasteiger partial charge >= 0.3 is 0 Å². The molecule has 0 spiro atoms. The van der Waals surface area contributed by atoms with Crippen molar-refractivity contribution in [2.45, 2.75) is 69.0 Å². The highest BCUT2D eigenvalue weighted by molar-refractivity contribution is 5.98. The first kappa shape index (κ1) is 32.1. The van der Waals surface area contributed by atoms with Crippen LogP contribution in [0.4, 0.5) is 0 Å². The van der Waals surface area contributed by atoms with Gasteiger partial charge in [-0.1, -0.05) is 48.5 Å². The fourth-order valence-electron chi connectivity index (χ4n) is 6.21. The maximum absolute atomic E-state index is 13.7. The van der Waals surface area contributed by atoms with E-state index < -0.39 is 65.9 Å². The minimum atomic E-state index is -1.20. The number of amides is 5. The van der Waals surface area contributed by atoms with Crippen molar-refractivity contribution in [3.8, 4) is 0 Å². The molecule has 0 saturated carbocycles. The SMILES string of the molecule is C[C@H]1C(=O)N[C@@H](Cc2ccccc2)C(=O)N[C@H]2CCO[C@H](CN(C(=O)c3ccccc3)CC(=O)N3CCC[C@H]3C(=O)N1C)[C@H]2O. The third-order valence-corrected chi connectivity index (χ3v) is 9.00. The molecular formula is C33H41N5O7. The largest absolute Gasteiger partial charge is 0.388 e. The van der Waals surface area contributed by atoms with Crippen LogP contribution in [0.25, 0.3) is 0 Å². The number of nitrogens with one attached hydrogen (secondary N) is 2. The van der Waals surface area contributed by atoms with E-state index in [-0.39, 0.29) is 26.1 Å². The van der Waals surface area contributed by atoms with Gasteiger partial charge in [-0.15, -0.1) is 0 Å². The molecule has 3 saturated heterocycles. The van der Waals surface area contributed by atoms with E-state index in [9.17, 15) is 29.1 Å². The summed E-state index contributed by atoms with van der Waals surface area (Å²) in [5.74, 6) is -2.24. The lowest BCUT2D eigenvalue weighted by molar-refractivity contribution is -0.147. The van der Waals surface area contributed by atoms with Crippen LogP contribution < -0.4 is 10.6 Å². The Balaban J connectivity index is 1.48. The van der Waals surface area contributed by atoms with Crippen molar-refractivity contribution in [1.29, 1.82) is 0 Å². The Morgan fingerprint density at radius 3 is 2.36 bits per heavy atom. The van der Waals surface area contributed by atoms with Crippen molar-refractivity contribution in [3.05, 3.63) is 71.8 Å². The monoisotopic (exact) mass is 619 g/mol. The van der Waals surface area contributed by atoms with Crippen LogP contribution in [0.5, 0.6) is 0 Å². The second-order valence-corrected chi connectivity index (χ2v) is 12.0. The summed E-state index contributed by atoms with van der Waals surface area (Å²) in [5, 5.41) is 17.1. The van der Waals surface area contributed by atoms with Crippen molar-refractivity contribution in [1.82, 2.24) is 25.3 Å². The number of ether oxygens (including phenoxy) is 1. The number of fused-ring (bicyclic) bond motifs is 3. The van der Waals surface area contributed by atoms with Crippen LogP contribution >= 0.6 is 0 Å². The fourth-order valence-corrected chi connectivity index (χ4v) is 6.21. The average Bonchev–Trinajstić information content (AvgIpc) is 3.55. The molecule has 2 aromatic rings. The molecule has 12 nitrogen and oxygen atoms in total. The number of hydrogen-bond acceptors (Lipinski definition) is 7. The Hall–Kier alpha value is -4.29. The van der Waals surface area contributed by atoms with Gasteiger partial charge in [0.15, 0.2) is 0 Å². The van der Waals surface area contributed by atoms with Crippen LogP contribution in [0.15, 0.2) is 60.7 Å². The van der Waals surface area contributed by atoms with Gasteiger partial charge in [0.05, 0.1) is 12.6 Å². The van der Waals surface area contributed by atoms with Crippen LogP contribution in [-0.2, 0) is 30.3 Å². The minimum Gasteiger partial charge on any atom is -0.388 e. The van der Waals surface area contributed by atoms with Gasteiger partial charge in [0.2, 0.25) is 23.6 Å². The summed E-state index contributed by atoms with van der Waals surface area (Å²) < 4.78 is 5.89. The molecule has 6 atom stereocenters. The molecule has 0 aromatic heterocycles. The summed E-state index contributed by atoms with van der Waals surface area (Å²) in [4.78, 5) is 72.4. The second kappa shape index (κ2) is 14.2. The summed E-state index contributed by atoms with van der Waals surface area (Å²) in [6.45, 7) is 1.67. The molecule has 240 valence electrons. The van der Waals surface area contributed by atoms with E-state index in [1.807, 2.05) is 30.3 Å². The number of aliphatic hydroxyl groups excluding tert-OH is 1. The van der Waals surface area contributed by atoms with E-state index in [1.54, 1.807) is 37.3 Å². The zero-order valence-electron chi connectivity index (χ0n) is 25.6. The quantitative estimate of drug-likeness (QED) is 0.449. The molecule has 5 amide bonds. The molecule has 3 N–H and O–H groups in total. The standard InChI is InChI=1S/C33H41N5O7/c1-21-30(41)35-25(18-22-10-5-3-6-11-22)31(42)34-24-15-17-45-27(29(24)40)19-37(32(43)23-12-7-4-8-13-23)20-28(39)38-16-9-14-26(38)33(44)36(21)2/h3-8,10-13,21,24-27,29,40H,9,14-20H2,1-2H3,(H,34,42)(H,35,41)/t21-,24-,25-,26-,27+,29-/m0/s1. The second-order valence-electron chi connectivity index (χ2n) is 12.0. The van der Waals surface area contributed by atoms with Gasteiger partial charge in [-0.25, -0.2) is 0 Å². The zero-order valence-corrected chi connectivity index (χ0v) is 25.6. The summed E-state index contributed by atoms with van der Waals surface area (Å²) in [6.07, 6.45) is -0.585. The van der Waals surface area contributed by atoms with Gasteiger partial charge in [-0.05, 0) is 43.9 Å². The molecular weight excluding hydrogens is 578 g/mol. The van der Waals surface area contributed by atoms with Crippen LogP contribution in [0.2, 0.25) is 0 Å². The number of rotatable bonds is 3. The topological polar surface area (TPSA) is 149 Å². The Morgan fingerprint density at radius 2 is 1.64 bits per heavy atom. The number of hydrogen-bond donors (Lipinski definition) is 3. The van der Waals surface area contributed by atoms with Crippen molar-refractivity contribution >= 4 is 29.5 Å². The van der Waals surface area contributed by atoms with Crippen molar-refractivity contribution in [3.63, 3.8) is 0 Å². The van der Waals surface area contributed by atoms with Crippen LogP contribution in [-0.4, -0.2) is 119 Å². The lowest BCUT2D eigenvalue weighted by Gasteiger charge is -2.38. The predicted molar refractivity (Wildman–Crippen MR) is 164 cm³/mol. The molecule has 5 rings (SSSR count). The molecule has 12 heteroatoms. The third-order valence-electron chi connectivity index (χ3n) is 9.00.